The van der Waals surface area contributed by atoms with E-state index in [1.54, 1.807) is 12.1 Å². The van der Waals surface area contributed by atoms with Crippen LogP contribution in [-0.4, -0.2) is 28.4 Å². The van der Waals surface area contributed by atoms with E-state index in [0.717, 1.165) is 12.0 Å². The molecule has 0 radical (unpaired) electrons. The number of fused-ring (bicyclic) bond motifs is 5. The first-order valence-electron chi connectivity index (χ1n) is 9.88. The molecule has 3 aliphatic carbocycles. The Bertz CT molecular complexity index is 762. The largest absolute Gasteiger partial charge is 0.508 e. The van der Waals surface area contributed by atoms with Gasteiger partial charge < -0.3 is 10.2 Å². The molecule has 2 N–H and O–H groups in total. The summed E-state index contributed by atoms with van der Waals surface area (Å²) in [7, 11) is 0. The van der Waals surface area contributed by atoms with Gasteiger partial charge in [-0.05, 0) is 84.5 Å². The average Bonchev–Trinajstić information content (AvgIpc) is 2.88. The fraction of sp³-hybridized carbons (Fsp3) is 0.714. The van der Waals surface area contributed by atoms with E-state index in [0.29, 0.717) is 24.8 Å². The molecule has 4 rings (SSSR count). The minimum Gasteiger partial charge on any atom is -0.508 e. The molecule has 2 fully saturated rings. The molecule has 7 heteroatoms. The van der Waals surface area contributed by atoms with E-state index in [9.17, 15) is 32.2 Å². The summed E-state index contributed by atoms with van der Waals surface area (Å²) < 4.78 is 66.9. The molecule has 1 aromatic carbocycles. The van der Waals surface area contributed by atoms with Gasteiger partial charge in [-0.3, -0.25) is 0 Å². The van der Waals surface area contributed by atoms with Crippen LogP contribution in [0.3, 0.4) is 0 Å². The van der Waals surface area contributed by atoms with Gasteiger partial charge in [-0.2, -0.15) is 22.0 Å². The maximum atomic E-state index is 14.0. The number of hydrogen-bond donors (Lipinski definition) is 2. The zero-order valence-corrected chi connectivity index (χ0v) is 15.6. The van der Waals surface area contributed by atoms with Gasteiger partial charge in [0.05, 0.1) is 6.10 Å². The summed E-state index contributed by atoms with van der Waals surface area (Å²) in [6.45, 7) is 1.96. The number of hydrogen-bond acceptors (Lipinski definition) is 2. The second-order valence-electron chi connectivity index (χ2n) is 9.18. The molecule has 2 nitrogen and oxygen atoms in total. The van der Waals surface area contributed by atoms with Gasteiger partial charge in [-0.15, -0.1) is 0 Å². The van der Waals surface area contributed by atoms with Crippen molar-refractivity contribution in [2.75, 3.05) is 0 Å². The molecule has 0 spiro atoms. The van der Waals surface area contributed by atoms with Crippen molar-refractivity contribution in [3.8, 4) is 5.75 Å². The maximum Gasteiger partial charge on any atom is 0.453 e. The summed E-state index contributed by atoms with van der Waals surface area (Å²) in [5, 5.41) is 20.3. The highest BCUT2D eigenvalue weighted by Crippen LogP contribution is 2.63. The minimum atomic E-state index is -5.57. The Hall–Kier alpha value is -1.37. The van der Waals surface area contributed by atoms with Gasteiger partial charge in [-0.1, -0.05) is 13.0 Å². The van der Waals surface area contributed by atoms with E-state index < -0.39 is 36.0 Å². The van der Waals surface area contributed by atoms with Crippen molar-refractivity contribution in [2.24, 2.45) is 23.2 Å². The monoisotopic (exact) mass is 404 g/mol. The zero-order valence-electron chi connectivity index (χ0n) is 15.6. The number of aliphatic hydroxyl groups excluding tert-OH is 1. The lowest BCUT2D eigenvalue weighted by Crippen LogP contribution is -2.49. The number of phenolic OH excluding ortho intramolecular Hbond substituents is 1. The fourth-order valence-electron chi connectivity index (χ4n) is 6.39. The fourth-order valence-corrected chi connectivity index (χ4v) is 6.39. The van der Waals surface area contributed by atoms with Gasteiger partial charge in [0.15, 0.2) is 0 Å². The van der Waals surface area contributed by atoms with Crippen molar-refractivity contribution in [3.63, 3.8) is 0 Å². The van der Waals surface area contributed by atoms with Crippen molar-refractivity contribution >= 4 is 0 Å². The summed E-state index contributed by atoms with van der Waals surface area (Å²) in [6.07, 6.45) is -4.66. The number of aromatic hydroxyl groups is 1. The highest BCUT2D eigenvalue weighted by Gasteiger charge is 2.62. The second kappa shape index (κ2) is 6.31. The van der Waals surface area contributed by atoms with Gasteiger partial charge in [0.2, 0.25) is 0 Å². The predicted octanol–water partition coefficient (Wildman–Crippen LogP) is 5.42. The van der Waals surface area contributed by atoms with Crippen LogP contribution in [0.15, 0.2) is 18.2 Å². The van der Waals surface area contributed by atoms with Crippen molar-refractivity contribution in [1.82, 2.24) is 0 Å². The Labute approximate surface area is 160 Å². The quantitative estimate of drug-likeness (QED) is 0.646. The minimum absolute atomic E-state index is 0.00420. The summed E-state index contributed by atoms with van der Waals surface area (Å²) in [5.74, 6) is -6.09. The van der Waals surface area contributed by atoms with E-state index in [1.165, 1.54) is 6.07 Å². The third-order valence-electron chi connectivity index (χ3n) is 7.77. The number of aliphatic hydroxyl groups is 1. The van der Waals surface area contributed by atoms with Crippen LogP contribution in [0.2, 0.25) is 0 Å². The topological polar surface area (TPSA) is 40.5 Å². The lowest BCUT2D eigenvalue weighted by atomic mass is 9.52. The first-order valence-corrected chi connectivity index (χ1v) is 9.88. The molecule has 0 aromatic heterocycles. The Kier molecular flexibility index (Phi) is 4.49. The van der Waals surface area contributed by atoms with Crippen LogP contribution in [0, 0.1) is 23.2 Å². The molecule has 156 valence electrons. The van der Waals surface area contributed by atoms with Gasteiger partial charge in [0.1, 0.15) is 5.75 Å². The van der Waals surface area contributed by atoms with E-state index in [1.807, 2.05) is 6.92 Å². The smallest absolute Gasteiger partial charge is 0.453 e. The second-order valence-corrected chi connectivity index (χ2v) is 9.18. The maximum absolute atomic E-state index is 14.0. The Morgan fingerprint density at radius 2 is 1.82 bits per heavy atom. The molecule has 0 bridgehead atoms. The molecule has 3 unspecified atom stereocenters. The van der Waals surface area contributed by atoms with E-state index in [2.05, 4.69) is 0 Å². The molecule has 0 amide bonds. The summed E-state index contributed by atoms with van der Waals surface area (Å²) >= 11 is 0. The van der Waals surface area contributed by atoms with Gasteiger partial charge in [0, 0.05) is 6.42 Å². The molecule has 6 atom stereocenters. The molecule has 28 heavy (non-hydrogen) atoms. The number of benzene rings is 1. The van der Waals surface area contributed by atoms with Gasteiger partial charge >= 0.3 is 12.1 Å². The van der Waals surface area contributed by atoms with E-state index in [4.69, 9.17) is 0 Å². The van der Waals surface area contributed by atoms with Crippen molar-refractivity contribution in [3.05, 3.63) is 29.3 Å². The van der Waals surface area contributed by atoms with Crippen LogP contribution in [0.5, 0.6) is 5.75 Å². The molecule has 1 aromatic rings. The average molecular weight is 404 g/mol. The number of phenols is 1. The molecular weight excluding hydrogens is 379 g/mol. The summed E-state index contributed by atoms with van der Waals surface area (Å²) in [6, 6.07) is 4.84. The lowest BCUT2D eigenvalue weighted by molar-refractivity contribution is -0.290. The van der Waals surface area contributed by atoms with Crippen LogP contribution < -0.4 is 0 Å². The van der Waals surface area contributed by atoms with Crippen LogP contribution in [0.4, 0.5) is 22.0 Å². The van der Waals surface area contributed by atoms with Crippen LogP contribution in [-0.2, 0) is 6.42 Å². The number of alkyl halides is 5. The Morgan fingerprint density at radius 1 is 1.11 bits per heavy atom. The number of rotatable bonds is 2. The molecular formula is C21H25F5O2. The van der Waals surface area contributed by atoms with Gasteiger partial charge in [0.25, 0.3) is 0 Å². The van der Waals surface area contributed by atoms with Crippen molar-refractivity contribution < 1.29 is 32.2 Å². The van der Waals surface area contributed by atoms with Crippen LogP contribution in [0.1, 0.15) is 56.1 Å². The Morgan fingerprint density at radius 3 is 2.50 bits per heavy atom. The van der Waals surface area contributed by atoms with Crippen molar-refractivity contribution in [2.45, 2.75) is 69.6 Å². The highest BCUT2D eigenvalue weighted by molar-refractivity contribution is 5.41. The third-order valence-corrected chi connectivity index (χ3v) is 7.77. The zero-order chi connectivity index (χ0) is 20.5. The summed E-state index contributed by atoms with van der Waals surface area (Å²) in [5.41, 5.74) is 1.20. The first-order chi connectivity index (χ1) is 12.9. The standard InChI is InChI=1S/C21H25F5O2/c1-19-7-6-15-14-3-2-13(27)9-11(14)8-12(10-20(22,23)21(24,25)26)18(15)16(19)4-5-17(19)28/h2-3,9,12,15-18,27-28H,4-8,10H2,1H3/t12-,15?,16?,17-,18?,19-/m0/s1. The molecule has 0 heterocycles. The third kappa shape index (κ3) is 2.92. The number of halogens is 5. The normalized spacial score (nSPS) is 37.9. The van der Waals surface area contributed by atoms with E-state index in [-0.39, 0.29) is 29.9 Å². The molecule has 2 saturated carbocycles. The lowest BCUT2D eigenvalue weighted by Gasteiger charge is -2.53. The Balaban J connectivity index is 1.76. The molecule has 3 aliphatic rings. The predicted molar refractivity (Wildman–Crippen MR) is 93.2 cm³/mol. The SMILES string of the molecule is C[C@]12CCC3c4ccc(O)cc4C[C@@H](CC(F)(F)C(F)(F)F)C3C1CC[C@@H]2O. The first kappa shape index (κ1) is 19.9. The van der Waals surface area contributed by atoms with Crippen molar-refractivity contribution in [1.29, 1.82) is 0 Å². The van der Waals surface area contributed by atoms with E-state index >= 15 is 0 Å². The summed E-state index contributed by atoms with van der Waals surface area (Å²) in [4.78, 5) is 0. The highest BCUT2D eigenvalue weighted by atomic mass is 19.4. The molecule has 0 saturated heterocycles. The van der Waals surface area contributed by atoms with Crippen LogP contribution in [0.25, 0.3) is 0 Å². The van der Waals surface area contributed by atoms with Crippen LogP contribution >= 0.6 is 0 Å². The molecule has 0 aliphatic heterocycles. The van der Waals surface area contributed by atoms with Gasteiger partial charge in [-0.25, -0.2) is 0 Å².